The second-order valence-corrected chi connectivity index (χ2v) is 13.1. The number of nitrogens with zero attached hydrogens (tertiary/aromatic N) is 3. The highest BCUT2D eigenvalue weighted by atomic mass is 32.2. The van der Waals surface area contributed by atoms with Gasteiger partial charge in [0.15, 0.2) is 0 Å². The first-order chi connectivity index (χ1) is 21.2. The molecule has 0 atom stereocenters. The first-order valence-electron chi connectivity index (χ1n) is 14.2. The van der Waals surface area contributed by atoms with E-state index in [1.807, 2.05) is 37.3 Å². The lowest BCUT2D eigenvalue weighted by molar-refractivity contribution is -0.143. The molecule has 1 aliphatic heterocycles. The molecule has 1 saturated heterocycles. The van der Waals surface area contributed by atoms with Crippen LogP contribution in [-0.4, -0.2) is 42.0 Å². The van der Waals surface area contributed by atoms with Crippen molar-refractivity contribution < 1.29 is 39.5 Å². The number of imidazole rings is 1. The van der Waals surface area contributed by atoms with Crippen LogP contribution in [0.1, 0.15) is 46.5 Å². The number of halogens is 6. The Morgan fingerprint density at radius 3 is 2.04 bits per heavy atom. The van der Waals surface area contributed by atoms with E-state index in [9.17, 15) is 34.8 Å². The topological polar surface area (TPSA) is 64.4 Å². The predicted molar refractivity (Wildman–Crippen MR) is 155 cm³/mol. The van der Waals surface area contributed by atoms with Crippen molar-refractivity contribution in [1.82, 2.24) is 13.9 Å². The number of ether oxygens (including phenoxy) is 1. The summed E-state index contributed by atoms with van der Waals surface area (Å²) in [5, 5.41) is 0. The first-order valence-corrected chi connectivity index (χ1v) is 15.6. The van der Waals surface area contributed by atoms with Gasteiger partial charge in [-0.3, -0.25) is 4.90 Å². The number of hydrogen-bond donors (Lipinski definition) is 0. The van der Waals surface area contributed by atoms with E-state index in [0.29, 0.717) is 43.9 Å². The molecule has 45 heavy (non-hydrogen) atoms. The third kappa shape index (κ3) is 7.42. The lowest BCUT2D eigenvalue weighted by Crippen LogP contribution is -2.45. The highest BCUT2D eigenvalue weighted by Gasteiger charge is 2.39. The highest BCUT2D eigenvalue weighted by Crippen LogP contribution is 2.38. The molecule has 0 unspecified atom stereocenters. The minimum atomic E-state index is -4.94. The van der Waals surface area contributed by atoms with E-state index in [0.717, 1.165) is 11.1 Å². The van der Waals surface area contributed by atoms with Gasteiger partial charge in [-0.15, -0.1) is 0 Å². The number of alkyl halides is 6. The smallest absolute Gasteiger partial charge is 0.376 e. The van der Waals surface area contributed by atoms with Crippen LogP contribution < -0.4 is 0 Å². The number of benzene rings is 3. The summed E-state index contributed by atoms with van der Waals surface area (Å²) in [5.41, 5.74) is -1.68. The second kappa shape index (κ2) is 12.6. The summed E-state index contributed by atoms with van der Waals surface area (Å²) in [6.45, 7) is 2.81. The largest absolute Gasteiger partial charge is 0.416 e. The van der Waals surface area contributed by atoms with Gasteiger partial charge in [-0.25, -0.2) is 17.4 Å². The minimum absolute atomic E-state index is 0.0683. The van der Waals surface area contributed by atoms with Crippen molar-refractivity contribution >= 4 is 10.0 Å². The van der Waals surface area contributed by atoms with Crippen molar-refractivity contribution in [3.63, 3.8) is 0 Å². The fourth-order valence-electron chi connectivity index (χ4n) is 5.59. The number of hydrogen-bond acceptors (Lipinski definition) is 5. The van der Waals surface area contributed by atoms with E-state index in [2.05, 4.69) is 9.88 Å². The van der Waals surface area contributed by atoms with E-state index in [-0.39, 0.29) is 29.7 Å². The van der Waals surface area contributed by atoms with Crippen molar-refractivity contribution in [3.05, 3.63) is 119 Å². The molecule has 2 heterocycles. The maximum absolute atomic E-state index is 13.3. The maximum Gasteiger partial charge on any atom is 0.416 e. The van der Waals surface area contributed by atoms with E-state index in [1.54, 1.807) is 24.3 Å². The monoisotopic (exact) mass is 651 g/mol. The van der Waals surface area contributed by atoms with Crippen LogP contribution in [0.15, 0.2) is 90.1 Å². The number of rotatable bonds is 9. The SMILES string of the molecule is Cc1ccc(S(=O)(=O)n2ccnc2CN2CCC(COCc3cc(C(F)(F)F)cc(C(F)(F)F)c3)(c3ccccc3)CC2)cc1. The minimum Gasteiger partial charge on any atom is -0.376 e. The molecule has 6 nitrogen and oxygen atoms in total. The summed E-state index contributed by atoms with van der Waals surface area (Å²) in [7, 11) is -3.86. The molecule has 1 aromatic heterocycles. The fraction of sp³-hybridized carbons (Fsp3) is 0.344. The fourth-order valence-corrected chi connectivity index (χ4v) is 6.89. The Balaban J connectivity index is 1.30. The molecule has 1 fully saturated rings. The van der Waals surface area contributed by atoms with Crippen LogP contribution in [0.3, 0.4) is 0 Å². The van der Waals surface area contributed by atoms with Crippen molar-refractivity contribution in [3.8, 4) is 0 Å². The molecule has 0 N–H and O–H groups in total. The van der Waals surface area contributed by atoms with E-state index in [4.69, 9.17) is 4.74 Å². The molecular weight excluding hydrogens is 620 g/mol. The van der Waals surface area contributed by atoms with E-state index in [1.165, 1.54) is 16.4 Å². The Kier molecular flexibility index (Phi) is 9.16. The van der Waals surface area contributed by atoms with Gasteiger partial charge in [0.2, 0.25) is 0 Å². The summed E-state index contributed by atoms with van der Waals surface area (Å²) in [6.07, 6.45) is -5.93. The Morgan fingerprint density at radius 2 is 1.47 bits per heavy atom. The average Bonchev–Trinajstić information content (AvgIpc) is 3.47. The van der Waals surface area contributed by atoms with Gasteiger partial charge in [0.1, 0.15) is 5.82 Å². The van der Waals surface area contributed by atoms with Crippen LogP contribution in [0.2, 0.25) is 0 Å². The maximum atomic E-state index is 13.3. The van der Waals surface area contributed by atoms with Crippen molar-refractivity contribution in [1.29, 1.82) is 0 Å². The van der Waals surface area contributed by atoms with Gasteiger partial charge in [0.05, 0.1) is 35.8 Å². The van der Waals surface area contributed by atoms with Gasteiger partial charge in [0.25, 0.3) is 10.0 Å². The molecule has 0 aliphatic carbocycles. The molecule has 4 aromatic rings. The van der Waals surface area contributed by atoms with Crippen LogP contribution in [0.5, 0.6) is 0 Å². The zero-order valence-corrected chi connectivity index (χ0v) is 25.1. The summed E-state index contributed by atoms with van der Waals surface area (Å²) in [6, 6.07) is 17.4. The first kappa shape index (κ1) is 32.7. The third-order valence-corrected chi connectivity index (χ3v) is 9.83. The van der Waals surface area contributed by atoms with E-state index >= 15 is 0 Å². The Morgan fingerprint density at radius 1 is 0.867 bits per heavy atom. The lowest BCUT2D eigenvalue weighted by Gasteiger charge is -2.42. The van der Waals surface area contributed by atoms with Crippen molar-refractivity contribution in [2.45, 2.75) is 55.6 Å². The number of piperidine rings is 1. The molecule has 13 heteroatoms. The molecule has 0 saturated carbocycles. The quantitative estimate of drug-likeness (QED) is 0.179. The summed E-state index contributed by atoms with van der Waals surface area (Å²) >= 11 is 0. The average molecular weight is 652 g/mol. The summed E-state index contributed by atoms with van der Waals surface area (Å²) in [5.74, 6) is 0.351. The Labute approximate surface area is 257 Å². The van der Waals surface area contributed by atoms with Gasteiger partial charge in [0, 0.05) is 17.8 Å². The van der Waals surface area contributed by atoms with Gasteiger partial charge < -0.3 is 4.74 Å². The Bertz CT molecular complexity index is 1680. The molecule has 3 aromatic carbocycles. The number of aryl methyl sites for hydroxylation is 1. The van der Waals surface area contributed by atoms with Crippen LogP contribution in [0.25, 0.3) is 0 Å². The molecule has 0 amide bonds. The van der Waals surface area contributed by atoms with Crippen molar-refractivity contribution in [2.75, 3.05) is 19.7 Å². The zero-order valence-electron chi connectivity index (χ0n) is 24.3. The summed E-state index contributed by atoms with van der Waals surface area (Å²) < 4.78 is 114. The molecule has 240 valence electrons. The molecule has 0 radical (unpaired) electrons. The second-order valence-electron chi connectivity index (χ2n) is 11.3. The molecule has 0 spiro atoms. The van der Waals surface area contributed by atoms with Crippen LogP contribution in [0, 0.1) is 6.92 Å². The summed E-state index contributed by atoms with van der Waals surface area (Å²) in [4.78, 5) is 6.51. The molecule has 5 rings (SSSR count). The van der Waals surface area contributed by atoms with Crippen LogP contribution in [0.4, 0.5) is 26.3 Å². The predicted octanol–water partition coefficient (Wildman–Crippen LogP) is 7.22. The van der Waals surface area contributed by atoms with E-state index < -0.39 is 45.5 Å². The standard InChI is InChI=1S/C32H31F6N3O3S/c1-23-7-9-28(10-8-23)45(42,43)41-16-13-39-29(41)20-40-14-11-30(12-15-40,25-5-3-2-4-6-25)22-44-21-24-17-26(31(33,34)35)19-27(18-24)32(36,37)38/h2-10,13,16-19H,11-12,14-15,20-22H2,1H3. The van der Waals surface area contributed by atoms with Gasteiger partial charge in [-0.1, -0.05) is 48.0 Å². The van der Waals surface area contributed by atoms with Crippen LogP contribution >= 0.6 is 0 Å². The molecule has 1 aliphatic rings. The normalized spacial score (nSPS) is 16.2. The highest BCUT2D eigenvalue weighted by molar-refractivity contribution is 7.90. The van der Waals surface area contributed by atoms with Gasteiger partial charge in [-0.2, -0.15) is 26.3 Å². The molecular formula is C32H31F6N3O3S. The van der Waals surface area contributed by atoms with Gasteiger partial charge in [-0.05, 0) is 74.3 Å². The van der Waals surface area contributed by atoms with Gasteiger partial charge >= 0.3 is 12.4 Å². The van der Waals surface area contributed by atoms with Crippen molar-refractivity contribution in [2.24, 2.45) is 0 Å². The number of likely N-dealkylation sites (tertiary alicyclic amines) is 1. The molecule has 0 bridgehead atoms. The third-order valence-electron chi connectivity index (χ3n) is 8.12. The van der Waals surface area contributed by atoms with Crippen LogP contribution in [-0.2, 0) is 45.7 Å². The lowest BCUT2D eigenvalue weighted by atomic mass is 9.73. The Hall–Kier alpha value is -3.68. The number of aromatic nitrogens is 2. The zero-order chi connectivity index (χ0) is 32.5.